The Morgan fingerprint density at radius 3 is 2.59 bits per heavy atom. The molecule has 0 amide bonds. The van der Waals surface area contributed by atoms with Crippen LogP contribution in [0.3, 0.4) is 0 Å². The number of methoxy groups -OCH3 is 1. The third-order valence-corrected chi connectivity index (χ3v) is 3.62. The van der Waals surface area contributed by atoms with Crippen molar-refractivity contribution in [2.75, 3.05) is 7.11 Å². The molecule has 0 spiro atoms. The van der Waals surface area contributed by atoms with Crippen LogP contribution in [0.15, 0.2) is 48.6 Å². The Morgan fingerprint density at radius 2 is 2.00 bits per heavy atom. The van der Waals surface area contributed by atoms with Crippen LogP contribution in [0.4, 0.5) is 0 Å². The summed E-state index contributed by atoms with van der Waals surface area (Å²) in [5.74, 6) is -0.687. The Hall–Kier alpha value is -2.17. The summed E-state index contributed by atoms with van der Waals surface area (Å²) in [5, 5.41) is 10.4. The first kappa shape index (κ1) is 16.2. The third-order valence-electron chi connectivity index (χ3n) is 3.31. The van der Waals surface area contributed by atoms with Gasteiger partial charge in [0.1, 0.15) is 11.3 Å². The molecule has 0 fully saturated rings. The zero-order chi connectivity index (χ0) is 16.3. The van der Waals surface area contributed by atoms with Gasteiger partial charge in [-0.15, -0.1) is 0 Å². The van der Waals surface area contributed by atoms with Gasteiger partial charge in [-0.25, -0.2) is 9.78 Å². The van der Waals surface area contributed by atoms with E-state index < -0.39 is 12.1 Å². The van der Waals surface area contributed by atoms with Crippen molar-refractivity contribution in [3.05, 3.63) is 64.8 Å². The van der Waals surface area contributed by atoms with Crippen LogP contribution in [0.1, 0.15) is 17.2 Å². The van der Waals surface area contributed by atoms with Crippen molar-refractivity contribution in [2.45, 2.75) is 13.0 Å². The summed E-state index contributed by atoms with van der Waals surface area (Å²) in [4.78, 5) is 15.8. The number of benzene rings is 1. The molecule has 0 saturated heterocycles. The number of nitrogens with zero attached hydrogens (tertiary/aromatic N) is 1. The Morgan fingerprint density at radius 1 is 1.36 bits per heavy atom. The van der Waals surface area contributed by atoms with Gasteiger partial charge in [0.15, 0.2) is 0 Å². The average molecular weight is 318 g/mol. The molecule has 1 aromatic heterocycles. The van der Waals surface area contributed by atoms with E-state index in [2.05, 4.69) is 16.3 Å². The van der Waals surface area contributed by atoms with Crippen LogP contribution in [0.2, 0.25) is 5.15 Å². The Bertz CT molecular complexity index is 713. The van der Waals surface area contributed by atoms with Crippen LogP contribution < -0.4 is 0 Å². The van der Waals surface area contributed by atoms with Crippen LogP contribution in [0.5, 0.6) is 0 Å². The highest BCUT2D eigenvalue weighted by Gasteiger charge is 2.23. The number of esters is 1. The van der Waals surface area contributed by atoms with Crippen LogP contribution in [-0.2, 0) is 9.53 Å². The number of hydrogen-bond acceptors (Lipinski definition) is 4. The molecule has 1 N–H and O–H groups in total. The first-order chi connectivity index (χ1) is 10.5. The molecule has 114 valence electrons. The van der Waals surface area contributed by atoms with Gasteiger partial charge in [-0.2, -0.15) is 0 Å². The van der Waals surface area contributed by atoms with Gasteiger partial charge in [-0.3, -0.25) is 0 Å². The normalized spacial score (nSPS) is 11.8. The first-order valence-corrected chi connectivity index (χ1v) is 7.01. The summed E-state index contributed by atoms with van der Waals surface area (Å²) < 4.78 is 4.56. The van der Waals surface area contributed by atoms with Gasteiger partial charge in [-0.05, 0) is 18.6 Å². The van der Waals surface area contributed by atoms with E-state index in [0.717, 1.165) is 16.8 Å². The van der Waals surface area contributed by atoms with E-state index in [1.807, 2.05) is 37.3 Å². The van der Waals surface area contributed by atoms with E-state index in [-0.39, 0.29) is 10.7 Å². The fraction of sp³-hybridized carbons (Fsp3) is 0.176. The predicted molar refractivity (Wildman–Crippen MR) is 85.5 cm³/mol. The lowest BCUT2D eigenvalue weighted by Gasteiger charge is -2.16. The molecule has 1 unspecified atom stereocenters. The third kappa shape index (κ3) is 3.18. The molecule has 0 aliphatic carbocycles. The van der Waals surface area contributed by atoms with E-state index in [9.17, 15) is 9.90 Å². The van der Waals surface area contributed by atoms with E-state index >= 15 is 0 Å². The molecule has 4 nitrogen and oxygen atoms in total. The topological polar surface area (TPSA) is 59.4 Å². The molecule has 1 atom stereocenters. The number of aliphatic hydroxyl groups excluding tert-OH is 1. The number of aromatic nitrogens is 1. The average Bonchev–Trinajstić information content (AvgIpc) is 2.55. The molecule has 5 heteroatoms. The van der Waals surface area contributed by atoms with E-state index in [0.29, 0.717) is 5.56 Å². The summed E-state index contributed by atoms with van der Waals surface area (Å²) >= 11 is 6.17. The SMILES string of the molecule is C=C(C(=O)OC)C(O)c1cc(C)c(-c2ccccc2)nc1Cl. The van der Waals surface area contributed by atoms with Crippen LogP contribution >= 0.6 is 11.6 Å². The van der Waals surface area contributed by atoms with Gasteiger partial charge < -0.3 is 9.84 Å². The molecule has 2 rings (SSSR count). The zero-order valence-corrected chi connectivity index (χ0v) is 13.1. The lowest BCUT2D eigenvalue weighted by Crippen LogP contribution is -2.13. The van der Waals surface area contributed by atoms with Crippen LogP contribution in [-0.4, -0.2) is 23.2 Å². The summed E-state index contributed by atoms with van der Waals surface area (Å²) in [6.07, 6.45) is -1.25. The summed E-state index contributed by atoms with van der Waals surface area (Å²) in [6.45, 7) is 5.41. The van der Waals surface area contributed by atoms with Crippen molar-refractivity contribution in [1.29, 1.82) is 0 Å². The van der Waals surface area contributed by atoms with Gasteiger partial charge in [0, 0.05) is 11.1 Å². The number of carbonyl (C=O) groups is 1. The lowest BCUT2D eigenvalue weighted by atomic mass is 10.00. The van der Waals surface area contributed by atoms with E-state index in [1.54, 1.807) is 6.07 Å². The number of rotatable bonds is 4. The van der Waals surface area contributed by atoms with Gasteiger partial charge >= 0.3 is 5.97 Å². The monoisotopic (exact) mass is 317 g/mol. The first-order valence-electron chi connectivity index (χ1n) is 6.63. The highest BCUT2D eigenvalue weighted by atomic mass is 35.5. The van der Waals surface area contributed by atoms with Crippen molar-refractivity contribution in [2.24, 2.45) is 0 Å². The maximum atomic E-state index is 11.5. The highest BCUT2D eigenvalue weighted by molar-refractivity contribution is 6.30. The van der Waals surface area contributed by atoms with Gasteiger partial charge in [0.25, 0.3) is 0 Å². The number of aryl methyl sites for hydroxylation is 1. The summed E-state index contributed by atoms with van der Waals surface area (Å²) in [7, 11) is 1.23. The van der Waals surface area contributed by atoms with Crippen LogP contribution in [0.25, 0.3) is 11.3 Å². The summed E-state index contributed by atoms with van der Waals surface area (Å²) in [5.41, 5.74) is 2.73. The largest absolute Gasteiger partial charge is 0.466 e. The Labute approximate surface area is 134 Å². The molecule has 22 heavy (non-hydrogen) atoms. The molecule has 1 heterocycles. The van der Waals surface area contributed by atoms with Gasteiger partial charge in [0.05, 0.1) is 18.4 Å². The fourth-order valence-electron chi connectivity index (χ4n) is 2.12. The molecule has 0 saturated carbocycles. The standard InChI is InChI=1S/C17H16ClNO3/c1-10-9-13(15(20)11(2)17(21)22-3)16(18)19-14(10)12-7-5-4-6-8-12/h4-9,15,20H,2H2,1,3H3. The Balaban J connectivity index is 2.43. The second-order valence-corrected chi connectivity index (χ2v) is 5.18. The van der Waals surface area contributed by atoms with E-state index in [4.69, 9.17) is 11.6 Å². The number of pyridine rings is 1. The molecule has 0 aliphatic heterocycles. The molecule has 1 aromatic carbocycles. The highest BCUT2D eigenvalue weighted by Crippen LogP contribution is 2.31. The number of carbonyl (C=O) groups excluding carboxylic acids is 1. The second kappa shape index (κ2) is 6.73. The van der Waals surface area contributed by atoms with Crippen LogP contribution in [0, 0.1) is 6.92 Å². The van der Waals surface area contributed by atoms with Crippen molar-refractivity contribution in [1.82, 2.24) is 4.98 Å². The Kier molecular flexibility index (Phi) is 4.96. The van der Waals surface area contributed by atoms with Crippen molar-refractivity contribution >= 4 is 17.6 Å². The lowest BCUT2D eigenvalue weighted by molar-refractivity contribution is -0.137. The zero-order valence-electron chi connectivity index (χ0n) is 12.3. The number of aliphatic hydroxyl groups is 1. The second-order valence-electron chi connectivity index (χ2n) is 4.82. The minimum Gasteiger partial charge on any atom is -0.466 e. The number of hydrogen-bond donors (Lipinski definition) is 1. The van der Waals surface area contributed by atoms with Gasteiger partial charge in [0.2, 0.25) is 0 Å². The molecule has 0 radical (unpaired) electrons. The predicted octanol–water partition coefficient (Wildman–Crippen LogP) is 3.47. The minimum absolute atomic E-state index is 0.0851. The van der Waals surface area contributed by atoms with Crippen molar-refractivity contribution in [3.63, 3.8) is 0 Å². The van der Waals surface area contributed by atoms with Crippen molar-refractivity contribution in [3.8, 4) is 11.3 Å². The van der Waals surface area contributed by atoms with E-state index in [1.165, 1.54) is 7.11 Å². The molecule has 2 aromatic rings. The van der Waals surface area contributed by atoms with Crippen molar-refractivity contribution < 1.29 is 14.6 Å². The van der Waals surface area contributed by atoms with Gasteiger partial charge in [-0.1, -0.05) is 48.5 Å². The number of halogens is 1. The maximum Gasteiger partial charge on any atom is 0.336 e. The summed E-state index contributed by atoms with van der Waals surface area (Å²) in [6, 6.07) is 11.3. The molecule has 0 aliphatic rings. The molecule has 0 bridgehead atoms. The number of ether oxygens (including phenoxy) is 1. The maximum absolute atomic E-state index is 11.5. The molecular formula is C17H16ClNO3. The minimum atomic E-state index is -1.25. The smallest absolute Gasteiger partial charge is 0.336 e. The molecular weight excluding hydrogens is 302 g/mol. The fourth-order valence-corrected chi connectivity index (χ4v) is 2.36. The quantitative estimate of drug-likeness (QED) is 0.533.